The molecule has 1 N–H and O–H groups in total. The largest absolute Gasteiger partial charge is 0.480 e. The molecule has 0 unspecified atom stereocenters. The first kappa shape index (κ1) is 18.9. The van der Waals surface area contributed by atoms with Gasteiger partial charge in [-0.15, -0.1) is 0 Å². The maximum absolute atomic E-state index is 13.1. The van der Waals surface area contributed by atoms with E-state index < -0.39 is 27.9 Å². The van der Waals surface area contributed by atoms with E-state index in [1.54, 1.807) is 12.1 Å². The summed E-state index contributed by atoms with van der Waals surface area (Å²) in [5.74, 6) is -1.80. The molecule has 0 radical (unpaired) electrons. The quantitative estimate of drug-likeness (QED) is 0.819. The number of aryl methyl sites for hydroxylation is 1. The number of carboxylic acid groups (broad SMARTS) is 1. The number of rotatable bonds is 7. The predicted molar refractivity (Wildman–Crippen MR) is 94.7 cm³/mol. The third kappa shape index (κ3) is 4.79. The van der Waals surface area contributed by atoms with E-state index in [0.29, 0.717) is 5.56 Å². The summed E-state index contributed by atoms with van der Waals surface area (Å²) in [4.78, 5) is 11.8. The summed E-state index contributed by atoms with van der Waals surface area (Å²) in [7, 11) is -3.88. The van der Waals surface area contributed by atoms with Gasteiger partial charge in [0, 0.05) is 6.42 Å². The molecule has 0 aliphatic heterocycles. The number of hydrogen-bond donors (Lipinski definition) is 1. The van der Waals surface area contributed by atoms with Crippen molar-refractivity contribution in [2.75, 3.05) is 10.6 Å². The lowest BCUT2D eigenvalue weighted by molar-refractivity contribution is -0.138. The Bertz CT molecular complexity index is 832. The number of nitrogens with zero attached hydrogens (tertiary/aromatic N) is 1. The van der Waals surface area contributed by atoms with E-state index in [0.717, 1.165) is 34.7 Å². The number of carboxylic acids is 1. The minimum Gasteiger partial charge on any atom is -0.480 e. The Morgan fingerprint density at radius 3 is 2.04 bits per heavy atom. The molecule has 7 heteroatoms. The molecule has 0 amide bonds. The summed E-state index contributed by atoms with van der Waals surface area (Å²) in [6.45, 7) is 2.01. The molecule has 0 aliphatic carbocycles. The van der Waals surface area contributed by atoms with Crippen LogP contribution in [0.3, 0.4) is 0 Å². The highest BCUT2D eigenvalue weighted by Crippen LogP contribution is 2.23. The first-order chi connectivity index (χ1) is 11.7. The van der Waals surface area contributed by atoms with Crippen molar-refractivity contribution in [2.45, 2.75) is 25.8 Å². The Morgan fingerprint density at radius 1 is 1.08 bits per heavy atom. The van der Waals surface area contributed by atoms with Crippen molar-refractivity contribution in [1.29, 1.82) is 0 Å². The van der Waals surface area contributed by atoms with Gasteiger partial charge in [-0.1, -0.05) is 31.2 Å². The summed E-state index contributed by atoms with van der Waals surface area (Å²) in [6, 6.07) is 10.7. The number of aliphatic carboxylic acids is 1. The van der Waals surface area contributed by atoms with Crippen LogP contribution in [0, 0.1) is 5.82 Å². The number of sulfonamides is 1. The monoisotopic (exact) mass is 365 g/mol. The minimum absolute atomic E-state index is 0.00374. The van der Waals surface area contributed by atoms with Gasteiger partial charge in [0.05, 0.1) is 11.9 Å². The molecule has 0 bridgehead atoms. The fourth-order valence-corrected chi connectivity index (χ4v) is 3.73. The average molecular weight is 365 g/mol. The molecule has 0 fully saturated rings. The van der Waals surface area contributed by atoms with Gasteiger partial charge in [0.2, 0.25) is 10.0 Å². The van der Waals surface area contributed by atoms with Crippen molar-refractivity contribution in [2.24, 2.45) is 0 Å². The highest BCUT2D eigenvalue weighted by atomic mass is 32.2. The maximum atomic E-state index is 13.1. The van der Waals surface area contributed by atoms with E-state index >= 15 is 0 Å². The van der Waals surface area contributed by atoms with Gasteiger partial charge in [-0.2, -0.15) is 0 Å². The zero-order valence-electron chi connectivity index (χ0n) is 14.0. The van der Waals surface area contributed by atoms with Crippen molar-refractivity contribution in [3.8, 4) is 0 Å². The molecule has 0 heterocycles. The standard InChI is InChI=1S/C18H20FNO4S/c1-3-13-4-6-14(7-5-13)12-17(18(21)22)20(25(2,23)24)16-10-8-15(19)9-11-16/h4-11,17H,3,12H2,1-2H3,(H,21,22)/t17-/m1/s1. The molecular formula is C18H20FNO4S. The first-order valence-corrected chi connectivity index (χ1v) is 9.62. The van der Waals surface area contributed by atoms with Crippen LogP contribution < -0.4 is 4.31 Å². The van der Waals surface area contributed by atoms with Crippen molar-refractivity contribution in [1.82, 2.24) is 0 Å². The number of halogens is 1. The zero-order chi connectivity index (χ0) is 18.6. The van der Waals surface area contributed by atoms with E-state index in [2.05, 4.69) is 0 Å². The molecule has 134 valence electrons. The maximum Gasteiger partial charge on any atom is 0.327 e. The van der Waals surface area contributed by atoms with Crippen LogP contribution >= 0.6 is 0 Å². The molecular weight excluding hydrogens is 345 g/mol. The normalized spacial score (nSPS) is 12.6. The molecule has 2 rings (SSSR count). The van der Waals surface area contributed by atoms with Crippen LogP contribution in [0.2, 0.25) is 0 Å². The highest BCUT2D eigenvalue weighted by Gasteiger charge is 2.32. The summed E-state index contributed by atoms with van der Waals surface area (Å²) in [6.07, 6.45) is 1.80. The molecule has 0 spiro atoms. The summed E-state index contributed by atoms with van der Waals surface area (Å²) >= 11 is 0. The second kappa shape index (κ2) is 7.65. The molecule has 5 nitrogen and oxygen atoms in total. The SMILES string of the molecule is CCc1ccc(C[C@H](C(=O)O)N(c2ccc(F)cc2)S(C)(=O)=O)cc1. The lowest BCUT2D eigenvalue weighted by atomic mass is 10.0. The van der Waals surface area contributed by atoms with Gasteiger partial charge in [0.25, 0.3) is 0 Å². The number of anilines is 1. The Morgan fingerprint density at radius 2 is 1.60 bits per heavy atom. The fraction of sp³-hybridized carbons (Fsp3) is 0.278. The summed E-state index contributed by atoms with van der Waals surface area (Å²) in [5, 5.41) is 9.60. The topological polar surface area (TPSA) is 74.7 Å². The third-order valence-corrected chi connectivity index (χ3v) is 5.05. The van der Waals surface area contributed by atoms with Gasteiger partial charge in [-0.05, 0) is 41.8 Å². The molecule has 0 saturated heterocycles. The van der Waals surface area contributed by atoms with Crippen LogP contribution in [0.5, 0.6) is 0 Å². The highest BCUT2D eigenvalue weighted by molar-refractivity contribution is 7.92. The van der Waals surface area contributed by atoms with E-state index in [1.807, 2.05) is 19.1 Å². The van der Waals surface area contributed by atoms with E-state index in [1.165, 1.54) is 12.1 Å². The van der Waals surface area contributed by atoms with Crippen LogP contribution in [-0.2, 0) is 27.7 Å². The Hall–Kier alpha value is -2.41. The van der Waals surface area contributed by atoms with Crippen LogP contribution in [0.1, 0.15) is 18.1 Å². The molecule has 25 heavy (non-hydrogen) atoms. The van der Waals surface area contributed by atoms with Crippen LogP contribution in [0.4, 0.5) is 10.1 Å². The second-order valence-corrected chi connectivity index (χ2v) is 7.62. The number of hydrogen-bond acceptors (Lipinski definition) is 3. The number of benzene rings is 2. The Balaban J connectivity index is 2.42. The molecule has 0 aromatic heterocycles. The van der Waals surface area contributed by atoms with Crippen molar-refractivity contribution >= 4 is 21.7 Å². The van der Waals surface area contributed by atoms with Crippen molar-refractivity contribution in [3.63, 3.8) is 0 Å². The number of carbonyl (C=O) groups is 1. The molecule has 1 atom stereocenters. The minimum atomic E-state index is -3.88. The lowest BCUT2D eigenvalue weighted by Gasteiger charge is -2.29. The molecule has 2 aromatic carbocycles. The third-order valence-electron chi connectivity index (χ3n) is 3.87. The predicted octanol–water partition coefficient (Wildman–Crippen LogP) is 2.85. The van der Waals surface area contributed by atoms with E-state index in [4.69, 9.17) is 0 Å². The second-order valence-electron chi connectivity index (χ2n) is 5.76. The van der Waals surface area contributed by atoms with Gasteiger partial charge in [0.15, 0.2) is 0 Å². The lowest BCUT2D eigenvalue weighted by Crippen LogP contribution is -2.46. The van der Waals surface area contributed by atoms with Gasteiger partial charge < -0.3 is 5.11 Å². The first-order valence-electron chi connectivity index (χ1n) is 7.78. The van der Waals surface area contributed by atoms with Crippen LogP contribution in [0.15, 0.2) is 48.5 Å². The summed E-state index contributed by atoms with van der Waals surface area (Å²) in [5.41, 5.74) is 1.93. The van der Waals surface area contributed by atoms with Crippen molar-refractivity contribution < 1.29 is 22.7 Å². The molecule has 0 aliphatic rings. The molecule has 2 aromatic rings. The van der Waals surface area contributed by atoms with Crippen molar-refractivity contribution in [3.05, 3.63) is 65.5 Å². The van der Waals surface area contributed by atoms with Crippen LogP contribution in [0.25, 0.3) is 0 Å². The fourth-order valence-electron chi connectivity index (χ4n) is 2.60. The smallest absolute Gasteiger partial charge is 0.327 e. The van der Waals surface area contributed by atoms with Gasteiger partial charge in [-0.3, -0.25) is 4.31 Å². The van der Waals surface area contributed by atoms with Gasteiger partial charge in [-0.25, -0.2) is 17.6 Å². The zero-order valence-corrected chi connectivity index (χ0v) is 14.8. The van der Waals surface area contributed by atoms with Gasteiger partial charge in [0.1, 0.15) is 11.9 Å². The Labute approximate surface area is 146 Å². The van der Waals surface area contributed by atoms with Crippen LogP contribution in [-0.4, -0.2) is 31.8 Å². The van der Waals surface area contributed by atoms with E-state index in [-0.39, 0.29) is 12.1 Å². The average Bonchev–Trinajstić information content (AvgIpc) is 2.55. The molecule has 0 saturated carbocycles. The Kier molecular flexibility index (Phi) is 5.79. The van der Waals surface area contributed by atoms with E-state index in [9.17, 15) is 22.7 Å². The summed E-state index contributed by atoms with van der Waals surface area (Å²) < 4.78 is 38.4. The van der Waals surface area contributed by atoms with Gasteiger partial charge >= 0.3 is 5.97 Å².